The number of aromatic nitrogens is 4. The van der Waals surface area contributed by atoms with Gasteiger partial charge in [-0.3, -0.25) is 4.79 Å². The monoisotopic (exact) mass is 288 g/mol. The lowest BCUT2D eigenvalue weighted by molar-refractivity contribution is -0.130. The highest BCUT2D eigenvalue weighted by atomic mass is 16.2. The summed E-state index contributed by atoms with van der Waals surface area (Å²) < 4.78 is 1.97. The number of hydrogen-bond donors (Lipinski definition) is 1. The molecule has 3 heterocycles. The minimum Gasteiger partial charge on any atom is -0.382 e. The van der Waals surface area contributed by atoms with Gasteiger partial charge in [-0.05, 0) is 19.3 Å². The predicted octanol–water partition coefficient (Wildman–Crippen LogP) is 1.20. The van der Waals surface area contributed by atoms with Crippen LogP contribution < -0.4 is 5.73 Å². The van der Waals surface area contributed by atoms with Crippen LogP contribution in [0.5, 0.6) is 0 Å². The molecule has 2 aromatic heterocycles. The summed E-state index contributed by atoms with van der Waals surface area (Å²) >= 11 is 0. The molecule has 1 fully saturated rings. The van der Waals surface area contributed by atoms with E-state index >= 15 is 0 Å². The Bertz CT molecular complexity index is 637. The van der Waals surface area contributed by atoms with Gasteiger partial charge in [0.05, 0.1) is 6.33 Å². The van der Waals surface area contributed by atoms with Crippen LogP contribution in [0.15, 0.2) is 12.7 Å². The molecule has 7 nitrogen and oxygen atoms in total. The zero-order valence-corrected chi connectivity index (χ0v) is 12.0. The molecular weight excluding hydrogens is 268 g/mol. The van der Waals surface area contributed by atoms with E-state index in [1.807, 2.05) is 9.47 Å². The van der Waals surface area contributed by atoms with E-state index in [0.29, 0.717) is 17.8 Å². The molecule has 1 aliphatic heterocycles. The molecule has 3 rings (SSSR count). The van der Waals surface area contributed by atoms with E-state index in [1.54, 1.807) is 6.33 Å². The molecule has 0 bridgehead atoms. The first kappa shape index (κ1) is 13.8. The van der Waals surface area contributed by atoms with Gasteiger partial charge in [0.1, 0.15) is 11.8 Å². The van der Waals surface area contributed by atoms with Crippen LogP contribution in [0, 0.1) is 0 Å². The highest BCUT2D eigenvalue weighted by Gasteiger charge is 2.16. The van der Waals surface area contributed by atoms with Crippen molar-refractivity contribution in [3.05, 3.63) is 12.7 Å². The number of rotatable bonds is 4. The lowest BCUT2D eigenvalue weighted by Gasteiger charge is -2.20. The molecule has 0 spiro atoms. The van der Waals surface area contributed by atoms with E-state index in [1.165, 1.54) is 6.33 Å². The summed E-state index contributed by atoms with van der Waals surface area (Å²) in [6.45, 7) is 2.45. The molecule has 0 saturated carbocycles. The first-order chi connectivity index (χ1) is 10.3. The minimum absolute atomic E-state index is 0.287. The van der Waals surface area contributed by atoms with Crippen molar-refractivity contribution >= 4 is 22.9 Å². The Labute approximate surface area is 123 Å². The Hall–Kier alpha value is -2.18. The van der Waals surface area contributed by atoms with Gasteiger partial charge in [-0.2, -0.15) is 0 Å². The summed E-state index contributed by atoms with van der Waals surface area (Å²) in [6.07, 6.45) is 8.07. The molecule has 0 unspecified atom stereocenters. The highest BCUT2D eigenvalue weighted by Crippen LogP contribution is 2.15. The Kier molecular flexibility index (Phi) is 3.98. The van der Waals surface area contributed by atoms with Gasteiger partial charge >= 0.3 is 0 Å². The number of carbonyl (C=O) groups is 1. The maximum absolute atomic E-state index is 11.9. The summed E-state index contributed by atoms with van der Waals surface area (Å²) in [6, 6.07) is 0. The second-order valence-corrected chi connectivity index (χ2v) is 5.41. The first-order valence-electron chi connectivity index (χ1n) is 7.45. The molecule has 2 N–H and O–H groups in total. The van der Waals surface area contributed by atoms with Crippen molar-refractivity contribution in [1.29, 1.82) is 0 Å². The fourth-order valence-corrected chi connectivity index (χ4v) is 2.77. The van der Waals surface area contributed by atoms with Gasteiger partial charge in [0.25, 0.3) is 0 Å². The van der Waals surface area contributed by atoms with Crippen molar-refractivity contribution in [1.82, 2.24) is 24.4 Å². The number of nitrogens with zero attached hydrogens (tertiary/aromatic N) is 5. The average molecular weight is 288 g/mol. The molecule has 7 heteroatoms. The Balaban J connectivity index is 1.61. The van der Waals surface area contributed by atoms with Crippen molar-refractivity contribution in [3.8, 4) is 0 Å². The van der Waals surface area contributed by atoms with Crippen LogP contribution >= 0.6 is 0 Å². The number of nitrogen functional groups attached to an aromatic ring is 1. The normalized spacial score (nSPS) is 16.4. The third-order valence-corrected chi connectivity index (χ3v) is 3.93. The first-order valence-corrected chi connectivity index (χ1v) is 7.45. The van der Waals surface area contributed by atoms with E-state index in [2.05, 4.69) is 15.0 Å². The van der Waals surface area contributed by atoms with Gasteiger partial charge in [-0.15, -0.1) is 0 Å². The maximum Gasteiger partial charge on any atom is 0.222 e. The summed E-state index contributed by atoms with van der Waals surface area (Å²) in [4.78, 5) is 26.3. The number of hydrogen-bond acceptors (Lipinski definition) is 5. The third kappa shape index (κ3) is 2.96. The maximum atomic E-state index is 11.9. The van der Waals surface area contributed by atoms with E-state index in [9.17, 15) is 4.79 Å². The Morgan fingerprint density at radius 3 is 2.95 bits per heavy atom. The van der Waals surface area contributed by atoms with Gasteiger partial charge in [0.2, 0.25) is 5.91 Å². The molecule has 0 aliphatic carbocycles. The Morgan fingerprint density at radius 1 is 1.14 bits per heavy atom. The molecule has 2 aromatic rings. The van der Waals surface area contributed by atoms with Crippen LogP contribution in [0.3, 0.4) is 0 Å². The highest BCUT2D eigenvalue weighted by molar-refractivity contribution is 5.81. The van der Waals surface area contributed by atoms with E-state index in [4.69, 9.17) is 5.73 Å². The van der Waals surface area contributed by atoms with Crippen molar-refractivity contribution in [2.75, 3.05) is 18.8 Å². The molecule has 1 amide bonds. The van der Waals surface area contributed by atoms with Gasteiger partial charge in [-0.1, -0.05) is 6.42 Å². The molecular formula is C14H20N6O. The lowest BCUT2D eigenvalue weighted by atomic mass is 10.2. The fraction of sp³-hybridized carbons (Fsp3) is 0.571. The van der Waals surface area contributed by atoms with Gasteiger partial charge in [0.15, 0.2) is 11.5 Å². The second kappa shape index (κ2) is 6.07. The topological polar surface area (TPSA) is 89.9 Å². The SMILES string of the molecule is Nc1ncnc2c1ncn2CCCN1CCCCCC1=O. The van der Waals surface area contributed by atoms with Crippen LogP contribution in [0.2, 0.25) is 0 Å². The van der Waals surface area contributed by atoms with Crippen LogP contribution in [-0.4, -0.2) is 43.4 Å². The quantitative estimate of drug-likeness (QED) is 0.913. The summed E-state index contributed by atoms with van der Waals surface area (Å²) in [7, 11) is 0. The molecule has 0 aromatic carbocycles. The van der Waals surface area contributed by atoms with Crippen molar-refractivity contribution in [3.63, 3.8) is 0 Å². The Morgan fingerprint density at radius 2 is 2.05 bits per heavy atom. The average Bonchev–Trinajstić information content (AvgIpc) is 2.78. The minimum atomic E-state index is 0.287. The van der Waals surface area contributed by atoms with E-state index in [-0.39, 0.29) is 5.91 Å². The van der Waals surface area contributed by atoms with Crippen molar-refractivity contribution in [2.45, 2.75) is 38.6 Å². The molecule has 112 valence electrons. The van der Waals surface area contributed by atoms with Crippen molar-refractivity contribution in [2.24, 2.45) is 0 Å². The molecule has 21 heavy (non-hydrogen) atoms. The van der Waals surface area contributed by atoms with E-state index in [0.717, 1.165) is 51.0 Å². The van der Waals surface area contributed by atoms with Crippen LogP contribution in [0.1, 0.15) is 32.1 Å². The number of anilines is 1. The molecule has 1 saturated heterocycles. The number of fused-ring (bicyclic) bond motifs is 1. The number of nitrogens with two attached hydrogens (primary N) is 1. The largest absolute Gasteiger partial charge is 0.382 e. The predicted molar refractivity (Wildman–Crippen MR) is 79.4 cm³/mol. The van der Waals surface area contributed by atoms with Crippen LogP contribution in [0.4, 0.5) is 5.82 Å². The van der Waals surface area contributed by atoms with Gasteiger partial charge in [-0.25, -0.2) is 15.0 Å². The third-order valence-electron chi connectivity index (χ3n) is 3.93. The van der Waals surface area contributed by atoms with Crippen molar-refractivity contribution < 1.29 is 4.79 Å². The second-order valence-electron chi connectivity index (χ2n) is 5.41. The molecule has 0 atom stereocenters. The zero-order chi connectivity index (χ0) is 14.7. The van der Waals surface area contributed by atoms with Crippen LogP contribution in [-0.2, 0) is 11.3 Å². The summed E-state index contributed by atoms with van der Waals surface area (Å²) in [5.74, 6) is 0.691. The van der Waals surface area contributed by atoms with Crippen LogP contribution in [0.25, 0.3) is 11.2 Å². The fourth-order valence-electron chi connectivity index (χ4n) is 2.77. The molecule has 1 aliphatic rings. The number of imidazole rings is 1. The molecule has 0 radical (unpaired) electrons. The smallest absolute Gasteiger partial charge is 0.222 e. The number of likely N-dealkylation sites (tertiary alicyclic amines) is 1. The number of aryl methyl sites for hydroxylation is 1. The lowest BCUT2D eigenvalue weighted by Crippen LogP contribution is -2.31. The zero-order valence-electron chi connectivity index (χ0n) is 12.0. The number of carbonyl (C=O) groups excluding carboxylic acids is 1. The number of amides is 1. The van der Waals surface area contributed by atoms with E-state index < -0.39 is 0 Å². The van der Waals surface area contributed by atoms with Gasteiger partial charge in [0, 0.05) is 26.1 Å². The van der Waals surface area contributed by atoms with Gasteiger partial charge < -0.3 is 15.2 Å². The summed E-state index contributed by atoms with van der Waals surface area (Å²) in [5, 5.41) is 0. The summed E-state index contributed by atoms with van der Waals surface area (Å²) in [5.41, 5.74) is 7.17. The standard InChI is InChI=1S/C14H20N6O/c15-13-12-14(17-9-16-13)20(10-18-12)8-4-7-19-6-3-1-2-5-11(19)21/h9-10H,1-8H2,(H2,15,16,17).